The average molecular weight is 401 g/mol. The summed E-state index contributed by atoms with van der Waals surface area (Å²) in [6.07, 6.45) is 2.78. The molecule has 4 aromatic rings. The number of hydrogen-bond donors (Lipinski definition) is 1. The van der Waals surface area contributed by atoms with E-state index in [-0.39, 0.29) is 18.0 Å². The van der Waals surface area contributed by atoms with Gasteiger partial charge in [0.05, 0.1) is 11.9 Å². The summed E-state index contributed by atoms with van der Waals surface area (Å²) in [4.78, 5) is 33.3. The molecule has 8 nitrogen and oxygen atoms in total. The summed E-state index contributed by atoms with van der Waals surface area (Å²) in [5, 5.41) is 10.0. The Balaban J connectivity index is 1.49. The van der Waals surface area contributed by atoms with E-state index in [1.54, 1.807) is 19.2 Å². The van der Waals surface area contributed by atoms with Crippen molar-refractivity contribution in [2.75, 3.05) is 5.32 Å². The number of benzene rings is 1. The Labute approximate surface area is 162 Å². The molecular formula is C17H13ClN6O2S. The number of nitrogens with zero attached hydrogens (tertiary/aromatic N) is 5. The molecule has 1 amide bonds. The number of thiazole rings is 1. The number of aromatic nitrogens is 5. The van der Waals surface area contributed by atoms with Crippen LogP contribution in [-0.4, -0.2) is 30.2 Å². The third kappa shape index (κ3) is 3.46. The van der Waals surface area contributed by atoms with Gasteiger partial charge in [-0.1, -0.05) is 23.7 Å². The number of anilines is 1. The molecule has 3 heterocycles. The average Bonchev–Trinajstić information content (AvgIpc) is 3.25. The molecule has 3 aromatic heterocycles. The zero-order valence-electron chi connectivity index (χ0n) is 14.1. The molecule has 4 rings (SSSR count). The van der Waals surface area contributed by atoms with Gasteiger partial charge >= 0.3 is 0 Å². The van der Waals surface area contributed by atoms with Crippen molar-refractivity contribution in [2.24, 2.45) is 7.05 Å². The summed E-state index contributed by atoms with van der Waals surface area (Å²) in [5.74, 6) is -0.362. The van der Waals surface area contributed by atoms with Crippen LogP contribution in [0.25, 0.3) is 22.3 Å². The molecule has 0 aliphatic rings. The van der Waals surface area contributed by atoms with Crippen LogP contribution in [0.2, 0.25) is 5.02 Å². The van der Waals surface area contributed by atoms with E-state index in [0.29, 0.717) is 21.2 Å². The predicted molar refractivity (Wildman–Crippen MR) is 104 cm³/mol. The van der Waals surface area contributed by atoms with E-state index in [4.69, 9.17) is 11.6 Å². The Morgan fingerprint density at radius 2 is 2.07 bits per heavy atom. The summed E-state index contributed by atoms with van der Waals surface area (Å²) in [6, 6.07) is 7.28. The summed E-state index contributed by atoms with van der Waals surface area (Å²) in [7, 11) is 1.70. The monoisotopic (exact) mass is 400 g/mol. The Hall–Kier alpha value is -3.04. The van der Waals surface area contributed by atoms with Gasteiger partial charge in [0, 0.05) is 23.0 Å². The van der Waals surface area contributed by atoms with Gasteiger partial charge in [-0.3, -0.25) is 18.8 Å². The molecule has 0 saturated heterocycles. The van der Waals surface area contributed by atoms with E-state index in [1.807, 2.05) is 17.5 Å². The Morgan fingerprint density at radius 3 is 2.85 bits per heavy atom. The molecule has 0 spiro atoms. The van der Waals surface area contributed by atoms with Gasteiger partial charge in [0.2, 0.25) is 5.91 Å². The Morgan fingerprint density at radius 1 is 1.30 bits per heavy atom. The Bertz CT molecular complexity index is 1190. The molecule has 0 fully saturated rings. The highest BCUT2D eigenvalue weighted by Crippen LogP contribution is 2.25. The second-order valence-corrected chi connectivity index (χ2v) is 7.07. The van der Waals surface area contributed by atoms with Crippen molar-refractivity contribution in [3.63, 3.8) is 0 Å². The van der Waals surface area contributed by atoms with Crippen molar-refractivity contribution >= 4 is 45.0 Å². The van der Waals surface area contributed by atoms with Crippen LogP contribution in [0.4, 0.5) is 5.13 Å². The maximum atomic E-state index is 12.4. The van der Waals surface area contributed by atoms with Crippen molar-refractivity contribution in [2.45, 2.75) is 6.54 Å². The fraction of sp³-hybridized carbons (Fsp3) is 0.118. The van der Waals surface area contributed by atoms with E-state index >= 15 is 0 Å². The van der Waals surface area contributed by atoms with Crippen LogP contribution in [0.5, 0.6) is 0 Å². The summed E-state index contributed by atoms with van der Waals surface area (Å²) in [5.41, 5.74) is 1.80. The minimum Gasteiger partial charge on any atom is -0.300 e. The van der Waals surface area contributed by atoms with Crippen molar-refractivity contribution in [3.05, 3.63) is 57.5 Å². The van der Waals surface area contributed by atoms with Gasteiger partial charge in [-0.2, -0.15) is 5.10 Å². The summed E-state index contributed by atoms with van der Waals surface area (Å²) >= 11 is 7.19. The van der Waals surface area contributed by atoms with Crippen LogP contribution in [0, 0.1) is 0 Å². The number of hydrogen-bond acceptors (Lipinski definition) is 6. The smallest absolute Gasteiger partial charge is 0.264 e. The van der Waals surface area contributed by atoms with E-state index in [2.05, 4.69) is 20.4 Å². The third-order valence-corrected chi connectivity index (χ3v) is 4.93. The first-order valence-corrected chi connectivity index (χ1v) is 9.15. The number of carbonyl (C=O) groups excluding carboxylic acids is 1. The Kier molecular flexibility index (Phi) is 4.46. The maximum Gasteiger partial charge on any atom is 0.264 e. The normalized spacial score (nSPS) is 11.0. The van der Waals surface area contributed by atoms with Crippen LogP contribution in [-0.2, 0) is 18.4 Å². The lowest BCUT2D eigenvalue weighted by Gasteiger charge is -2.05. The summed E-state index contributed by atoms with van der Waals surface area (Å²) < 4.78 is 2.75. The molecule has 0 unspecified atom stereocenters. The molecule has 0 aliphatic carbocycles. The second kappa shape index (κ2) is 6.93. The van der Waals surface area contributed by atoms with Crippen molar-refractivity contribution in [1.29, 1.82) is 0 Å². The minimum atomic E-state index is -0.362. The molecule has 27 heavy (non-hydrogen) atoms. The third-order valence-electron chi connectivity index (χ3n) is 3.92. The molecule has 0 bridgehead atoms. The van der Waals surface area contributed by atoms with Crippen molar-refractivity contribution < 1.29 is 4.79 Å². The van der Waals surface area contributed by atoms with Crippen LogP contribution < -0.4 is 10.9 Å². The lowest BCUT2D eigenvalue weighted by atomic mass is 10.2. The molecule has 136 valence electrons. The van der Waals surface area contributed by atoms with E-state index < -0.39 is 0 Å². The topological polar surface area (TPSA) is 94.7 Å². The minimum absolute atomic E-state index is 0.160. The van der Waals surface area contributed by atoms with Gasteiger partial charge < -0.3 is 5.32 Å². The van der Waals surface area contributed by atoms with Crippen molar-refractivity contribution in [3.8, 4) is 11.3 Å². The highest BCUT2D eigenvalue weighted by atomic mass is 35.5. The van der Waals surface area contributed by atoms with Crippen LogP contribution in [0.15, 0.2) is 47.0 Å². The zero-order valence-corrected chi connectivity index (χ0v) is 15.7. The highest BCUT2D eigenvalue weighted by Gasteiger charge is 2.12. The van der Waals surface area contributed by atoms with Crippen LogP contribution in [0.3, 0.4) is 0 Å². The molecule has 1 aromatic carbocycles. The molecule has 0 aliphatic heterocycles. The standard InChI is InChI=1S/C17H13ClN6O2S/c1-23-15-12(6-20-23)16(26)24(9-19-15)7-14(25)22-17-21-13(8-27-17)10-2-4-11(18)5-3-10/h2-6,8-9H,7H2,1H3,(H,21,22,25). The first-order valence-electron chi connectivity index (χ1n) is 7.90. The van der Waals surface area contributed by atoms with E-state index in [0.717, 1.165) is 11.3 Å². The van der Waals surface area contributed by atoms with Gasteiger partial charge in [-0.05, 0) is 12.1 Å². The molecule has 0 radical (unpaired) electrons. The number of aryl methyl sites for hydroxylation is 1. The fourth-order valence-corrected chi connectivity index (χ4v) is 3.44. The van der Waals surface area contributed by atoms with Gasteiger partial charge in [0.15, 0.2) is 10.8 Å². The summed E-state index contributed by atoms with van der Waals surface area (Å²) in [6.45, 7) is -0.160. The predicted octanol–water partition coefficient (Wildman–Crippen LogP) is 2.55. The zero-order chi connectivity index (χ0) is 19.0. The first kappa shape index (κ1) is 17.4. The largest absolute Gasteiger partial charge is 0.300 e. The highest BCUT2D eigenvalue weighted by molar-refractivity contribution is 7.14. The lowest BCUT2D eigenvalue weighted by Crippen LogP contribution is -2.27. The number of nitrogens with one attached hydrogen (secondary N) is 1. The number of halogens is 1. The number of carbonyl (C=O) groups is 1. The van der Waals surface area contributed by atoms with Gasteiger partial charge in [-0.25, -0.2) is 9.97 Å². The lowest BCUT2D eigenvalue weighted by molar-refractivity contribution is -0.116. The number of amides is 1. The molecule has 1 N–H and O–H groups in total. The van der Waals surface area contributed by atoms with Crippen molar-refractivity contribution in [1.82, 2.24) is 24.3 Å². The maximum absolute atomic E-state index is 12.4. The second-order valence-electron chi connectivity index (χ2n) is 5.78. The SMILES string of the molecule is Cn1ncc2c(=O)n(CC(=O)Nc3nc(-c4ccc(Cl)cc4)cs3)cnc21. The van der Waals surface area contributed by atoms with Gasteiger partial charge in [0.25, 0.3) is 5.56 Å². The van der Waals surface area contributed by atoms with Crippen LogP contribution in [0.1, 0.15) is 0 Å². The quantitative estimate of drug-likeness (QED) is 0.568. The van der Waals surface area contributed by atoms with E-state index in [9.17, 15) is 9.59 Å². The van der Waals surface area contributed by atoms with Gasteiger partial charge in [0.1, 0.15) is 18.3 Å². The number of rotatable bonds is 4. The fourth-order valence-electron chi connectivity index (χ4n) is 2.58. The van der Waals surface area contributed by atoms with Gasteiger partial charge in [-0.15, -0.1) is 11.3 Å². The molecule has 0 saturated carbocycles. The molecule has 10 heteroatoms. The first-order chi connectivity index (χ1) is 13.0. The molecule has 0 atom stereocenters. The van der Waals surface area contributed by atoms with Crippen LogP contribution >= 0.6 is 22.9 Å². The number of fused-ring (bicyclic) bond motifs is 1. The molecular weight excluding hydrogens is 388 g/mol. The van der Waals surface area contributed by atoms with E-state index in [1.165, 1.54) is 33.1 Å².